The van der Waals surface area contributed by atoms with Crippen LogP contribution in [0.25, 0.3) is 0 Å². The largest absolute Gasteiger partial charge is 0.497 e. The number of carbonyl (C=O) groups is 1. The van der Waals surface area contributed by atoms with E-state index in [1.807, 2.05) is 44.2 Å². The number of benzene rings is 2. The first kappa shape index (κ1) is 24.9. The predicted molar refractivity (Wildman–Crippen MR) is 120 cm³/mol. The molecule has 0 aliphatic rings. The molecule has 0 aliphatic carbocycles. The number of hydrogen-bond donors (Lipinski definition) is 2. The van der Waals surface area contributed by atoms with Gasteiger partial charge in [0.25, 0.3) is 0 Å². The molecule has 0 heterocycles. The summed E-state index contributed by atoms with van der Waals surface area (Å²) < 4.78 is 35.2. The van der Waals surface area contributed by atoms with E-state index in [0.717, 1.165) is 5.56 Å². The number of hydrogen-bond acceptors (Lipinski definition) is 4. The van der Waals surface area contributed by atoms with Gasteiger partial charge in [-0.2, -0.15) is 8.78 Å². The Morgan fingerprint density at radius 3 is 2.50 bits per heavy atom. The Bertz CT molecular complexity index is 879. The third kappa shape index (κ3) is 8.05. The molecule has 0 aliphatic heterocycles. The van der Waals surface area contributed by atoms with Crippen molar-refractivity contribution in [2.75, 3.05) is 26.7 Å². The van der Waals surface area contributed by atoms with E-state index in [1.54, 1.807) is 17.0 Å². The number of rotatable bonds is 11. The molecule has 0 spiro atoms. The van der Waals surface area contributed by atoms with Gasteiger partial charge in [-0.15, -0.1) is 0 Å². The van der Waals surface area contributed by atoms with Crippen LogP contribution in [0.4, 0.5) is 8.78 Å². The summed E-state index contributed by atoms with van der Waals surface area (Å²) in [6, 6.07) is 14.3. The Balaban J connectivity index is 2.05. The molecule has 2 aromatic carbocycles. The van der Waals surface area contributed by atoms with Crippen molar-refractivity contribution in [1.82, 2.24) is 15.5 Å². The summed E-state index contributed by atoms with van der Waals surface area (Å²) in [5, 5.41) is 6.06. The molecule has 0 aromatic heterocycles. The van der Waals surface area contributed by atoms with Gasteiger partial charge in [0.1, 0.15) is 11.5 Å². The molecule has 0 atom stereocenters. The van der Waals surface area contributed by atoms with Gasteiger partial charge >= 0.3 is 6.61 Å². The maximum Gasteiger partial charge on any atom is 0.387 e. The van der Waals surface area contributed by atoms with E-state index in [1.165, 1.54) is 13.2 Å². The van der Waals surface area contributed by atoms with Crippen LogP contribution in [0.15, 0.2) is 53.5 Å². The van der Waals surface area contributed by atoms with Crippen LogP contribution in [-0.4, -0.2) is 50.1 Å². The summed E-state index contributed by atoms with van der Waals surface area (Å²) in [6.07, 6.45) is 0. The van der Waals surface area contributed by atoms with Gasteiger partial charge in [-0.3, -0.25) is 4.79 Å². The van der Waals surface area contributed by atoms with Crippen LogP contribution in [-0.2, 0) is 17.9 Å². The highest BCUT2D eigenvalue weighted by Gasteiger charge is 2.14. The smallest absolute Gasteiger partial charge is 0.387 e. The zero-order valence-corrected chi connectivity index (χ0v) is 18.6. The van der Waals surface area contributed by atoms with Crippen molar-refractivity contribution in [3.63, 3.8) is 0 Å². The van der Waals surface area contributed by atoms with Gasteiger partial charge in [0, 0.05) is 25.2 Å². The number of alkyl halides is 2. The van der Waals surface area contributed by atoms with Gasteiger partial charge in [-0.25, -0.2) is 4.99 Å². The molecular weight excluding hydrogens is 418 g/mol. The Morgan fingerprint density at radius 1 is 1.12 bits per heavy atom. The second kappa shape index (κ2) is 13.1. The van der Waals surface area contributed by atoms with Crippen molar-refractivity contribution < 1.29 is 23.0 Å². The second-order valence-corrected chi connectivity index (χ2v) is 6.79. The molecule has 1 amide bonds. The fourth-order valence-corrected chi connectivity index (χ4v) is 2.97. The first-order chi connectivity index (χ1) is 15.5. The number of halogens is 2. The van der Waals surface area contributed by atoms with Crippen molar-refractivity contribution in [3.8, 4) is 11.5 Å². The molecule has 7 nitrogen and oxygen atoms in total. The topological polar surface area (TPSA) is 75.2 Å². The monoisotopic (exact) mass is 448 g/mol. The van der Waals surface area contributed by atoms with Gasteiger partial charge in [0.05, 0.1) is 20.2 Å². The maximum absolute atomic E-state index is 12.7. The average Bonchev–Trinajstić information content (AvgIpc) is 2.80. The first-order valence-electron chi connectivity index (χ1n) is 10.4. The first-order valence-corrected chi connectivity index (χ1v) is 10.4. The van der Waals surface area contributed by atoms with Crippen LogP contribution in [0.5, 0.6) is 11.5 Å². The lowest BCUT2D eigenvalue weighted by Crippen LogP contribution is -2.44. The molecule has 174 valence electrons. The number of aliphatic imine (C=N–C) groups is 1. The zero-order chi connectivity index (χ0) is 23.3. The normalized spacial score (nSPS) is 11.2. The number of likely N-dealkylation sites (N-methyl/N-ethyl adjacent to an activating group) is 1. The lowest BCUT2D eigenvalue weighted by atomic mass is 10.2. The van der Waals surface area contributed by atoms with E-state index in [-0.39, 0.29) is 24.7 Å². The number of amides is 1. The third-order valence-electron chi connectivity index (χ3n) is 4.59. The van der Waals surface area contributed by atoms with Crippen LogP contribution >= 0.6 is 0 Å². The fourth-order valence-electron chi connectivity index (χ4n) is 2.97. The highest BCUT2D eigenvalue weighted by molar-refractivity contribution is 5.86. The molecule has 2 N–H and O–H groups in total. The average molecular weight is 449 g/mol. The maximum atomic E-state index is 12.7. The lowest BCUT2D eigenvalue weighted by Gasteiger charge is -2.22. The van der Waals surface area contributed by atoms with Gasteiger partial charge < -0.3 is 25.0 Å². The molecule has 0 radical (unpaired) electrons. The summed E-state index contributed by atoms with van der Waals surface area (Å²) in [5.41, 5.74) is 1.49. The van der Waals surface area contributed by atoms with Gasteiger partial charge in [-0.05, 0) is 37.6 Å². The number of carbonyl (C=O) groups excluding carboxylic acids is 1. The van der Waals surface area contributed by atoms with E-state index in [0.29, 0.717) is 36.9 Å². The van der Waals surface area contributed by atoms with Crippen LogP contribution in [0.3, 0.4) is 0 Å². The SMILES string of the molecule is CCNC(=NCc1cc(OC)ccc1OC(F)F)NCC(=O)N(CC)Cc1ccccc1. The molecule has 32 heavy (non-hydrogen) atoms. The van der Waals surface area contributed by atoms with Gasteiger partial charge in [0.2, 0.25) is 5.91 Å². The fraction of sp³-hybridized carbons (Fsp3) is 0.391. The lowest BCUT2D eigenvalue weighted by molar-refractivity contribution is -0.130. The number of nitrogens with zero attached hydrogens (tertiary/aromatic N) is 2. The molecule has 0 fully saturated rings. The highest BCUT2D eigenvalue weighted by Crippen LogP contribution is 2.26. The molecule has 9 heteroatoms. The standard InChI is InChI=1S/C23H30F2N4O3/c1-4-26-23(27-14-18-13-19(31-3)11-12-20(18)32-22(24)25)28-15-21(30)29(5-2)16-17-9-7-6-8-10-17/h6-13,22H,4-5,14-16H2,1-3H3,(H2,26,27,28). The van der Waals surface area contributed by atoms with E-state index < -0.39 is 6.61 Å². The Morgan fingerprint density at radius 2 is 1.88 bits per heavy atom. The quantitative estimate of drug-likeness (QED) is 0.407. The second-order valence-electron chi connectivity index (χ2n) is 6.79. The number of ether oxygens (including phenoxy) is 2. The minimum atomic E-state index is -2.94. The van der Waals surface area contributed by atoms with Crippen LogP contribution in [0.1, 0.15) is 25.0 Å². The van der Waals surface area contributed by atoms with Crippen molar-refractivity contribution >= 4 is 11.9 Å². The third-order valence-corrected chi connectivity index (χ3v) is 4.59. The summed E-state index contributed by atoms with van der Waals surface area (Å²) in [6.45, 7) is 2.64. The van der Waals surface area contributed by atoms with Gasteiger partial charge in [-0.1, -0.05) is 30.3 Å². The van der Waals surface area contributed by atoms with E-state index in [2.05, 4.69) is 20.4 Å². The molecule has 2 aromatic rings. The van der Waals surface area contributed by atoms with Crippen LogP contribution < -0.4 is 20.1 Å². The number of methoxy groups -OCH3 is 1. The number of nitrogens with one attached hydrogen (secondary N) is 2. The zero-order valence-electron chi connectivity index (χ0n) is 18.6. The summed E-state index contributed by atoms with van der Waals surface area (Å²) in [4.78, 5) is 18.8. The van der Waals surface area contributed by atoms with Crippen molar-refractivity contribution in [1.29, 1.82) is 0 Å². The summed E-state index contributed by atoms with van der Waals surface area (Å²) in [5.74, 6) is 0.841. The molecule has 0 bridgehead atoms. The van der Waals surface area contributed by atoms with E-state index >= 15 is 0 Å². The molecular formula is C23H30F2N4O3. The van der Waals surface area contributed by atoms with E-state index in [9.17, 15) is 13.6 Å². The van der Waals surface area contributed by atoms with Crippen LogP contribution in [0.2, 0.25) is 0 Å². The van der Waals surface area contributed by atoms with Crippen molar-refractivity contribution in [2.45, 2.75) is 33.5 Å². The van der Waals surface area contributed by atoms with Crippen molar-refractivity contribution in [3.05, 3.63) is 59.7 Å². The van der Waals surface area contributed by atoms with E-state index in [4.69, 9.17) is 4.74 Å². The predicted octanol–water partition coefficient (Wildman–Crippen LogP) is 3.40. The Hall–Kier alpha value is -3.36. The van der Waals surface area contributed by atoms with Gasteiger partial charge in [0.15, 0.2) is 5.96 Å². The minimum Gasteiger partial charge on any atom is -0.497 e. The van der Waals surface area contributed by atoms with Crippen molar-refractivity contribution in [2.24, 2.45) is 4.99 Å². The summed E-state index contributed by atoms with van der Waals surface area (Å²) in [7, 11) is 1.49. The number of guanidine groups is 1. The van der Waals surface area contributed by atoms with Crippen LogP contribution in [0, 0.1) is 0 Å². The molecule has 2 rings (SSSR count). The minimum absolute atomic E-state index is 0.0245. The summed E-state index contributed by atoms with van der Waals surface area (Å²) >= 11 is 0. The molecule has 0 saturated carbocycles. The molecule has 0 saturated heterocycles. The molecule has 0 unspecified atom stereocenters. The Kier molecular flexibility index (Phi) is 10.2. The Labute approximate surface area is 187 Å². The highest BCUT2D eigenvalue weighted by atomic mass is 19.3.